The summed E-state index contributed by atoms with van der Waals surface area (Å²) in [6.45, 7) is 4.68. The van der Waals surface area contributed by atoms with Crippen LogP contribution in [-0.2, 0) is 5.41 Å². The Morgan fingerprint density at radius 1 is 0.365 bits per heavy atom. The highest BCUT2D eigenvalue weighted by atomic mass is 32.1. The molecule has 0 aliphatic heterocycles. The zero-order valence-corrected chi connectivity index (χ0v) is 29.7. The van der Waals surface area contributed by atoms with Crippen molar-refractivity contribution in [3.05, 3.63) is 175 Å². The van der Waals surface area contributed by atoms with Gasteiger partial charge in [0.2, 0.25) is 0 Å². The molecule has 246 valence electrons. The van der Waals surface area contributed by atoms with Gasteiger partial charge in [-0.1, -0.05) is 172 Å². The van der Waals surface area contributed by atoms with E-state index in [9.17, 15) is 0 Å². The van der Waals surface area contributed by atoms with E-state index in [-0.39, 0.29) is 5.41 Å². The zero-order chi connectivity index (χ0) is 34.8. The highest BCUT2D eigenvalue weighted by Crippen LogP contribution is 2.50. The van der Waals surface area contributed by atoms with Gasteiger partial charge in [-0.25, -0.2) is 15.0 Å². The van der Waals surface area contributed by atoms with Gasteiger partial charge in [-0.2, -0.15) is 0 Å². The summed E-state index contributed by atoms with van der Waals surface area (Å²) in [5, 5.41) is 2.58. The first kappa shape index (κ1) is 30.6. The molecule has 1 aliphatic carbocycles. The van der Waals surface area contributed by atoms with E-state index in [2.05, 4.69) is 117 Å². The van der Waals surface area contributed by atoms with Crippen LogP contribution in [0.5, 0.6) is 0 Å². The fourth-order valence-electron chi connectivity index (χ4n) is 7.90. The summed E-state index contributed by atoms with van der Waals surface area (Å²) in [5.74, 6) is 1.98. The van der Waals surface area contributed by atoms with Gasteiger partial charge >= 0.3 is 0 Å². The number of fused-ring (bicyclic) bond motifs is 6. The average molecular weight is 684 g/mol. The number of thiophene rings is 1. The van der Waals surface area contributed by atoms with E-state index in [0.29, 0.717) is 17.5 Å². The normalized spacial score (nSPS) is 13.0. The van der Waals surface area contributed by atoms with Gasteiger partial charge in [0.25, 0.3) is 0 Å². The molecule has 0 N–H and O–H groups in total. The van der Waals surface area contributed by atoms with Crippen LogP contribution in [0.3, 0.4) is 0 Å². The largest absolute Gasteiger partial charge is 0.208 e. The SMILES string of the molecule is CC1(C)c2ccccc2-c2cc(-c3cccc4c3sc3c(-c5ccc(-c6nc(-c7ccccc7)nc(-c7ccccc7)n6)cc5)cccc34)ccc21. The number of aromatic nitrogens is 3. The molecule has 0 unspecified atom stereocenters. The van der Waals surface area contributed by atoms with Crippen molar-refractivity contribution in [3.8, 4) is 67.5 Å². The van der Waals surface area contributed by atoms with Gasteiger partial charge in [-0.05, 0) is 50.6 Å². The minimum absolute atomic E-state index is 0.00355. The first-order chi connectivity index (χ1) is 25.5. The molecule has 7 aromatic carbocycles. The molecule has 0 atom stereocenters. The van der Waals surface area contributed by atoms with E-state index in [0.717, 1.165) is 16.7 Å². The van der Waals surface area contributed by atoms with E-state index in [1.54, 1.807) is 0 Å². The Balaban J connectivity index is 1.06. The van der Waals surface area contributed by atoms with Gasteiger partial charge in [-0.3, -0.25) is 0 Å². The number of nitrogens with zero attached hydrogens (tertiary/aromatic N) is 3. The molecule has 9 aromatic rings. The van der Waals surface area contributed by atoms with Crippen molar-refractivity contribution in [1.82, 2.24) is 15.0 Å². The van der Waals surface area contributed by atoms with Crippen molar-refractivity contribution in [2.75, 3.05) is 0 Å². The van der Waals surface area contributed by atoms with Crippen molar-refractivity contribution >= 4 is 31.5 Å². The Hall–Kier alpha value is -6.23. The number of hydrogen-bond donors (Lipinski definition) is 0. The molecule has 0 radical (unpaired) electrons. The van der Waals surface area contributed by atoms with Gasteiger partial charge in [0.15, 0.2) is 17.5 Å². The molecule has 3 nitrogen and oxygen atoms in total. The van der Waals surface area contributed by atoms with Gasteiger partial charge in [0.05, 0.1) is 0 Å². The third-order valence-corrected chi connectivity index (χ3v) is 11.9. The van der Waals surface area contributed by atoms with Crippen LogP contribution in [0.2, 0.25) is 0 Å². The topological polar surface area (TPSA) is 38.7 Å². The van der Waals surface area contributed by atoms with E-state index in [4.69, 9.17) is 15.0 Å². The number of benzene rings is 7. The van der Waals surface area contributed by atoms with Crippen LogP contribution in [0.4, 0.5) is 0 Å². The summed E-state index contributed by atoms with van der Waals surface area (Å²) < 4.78 is 2.61. The predicted molar refractivity (Wildman–Crippen MR) is 217 cm³/mol. The Morgan fingerprint density at radius 2 is 0.808 bits per heavy atom. The van der Waals surface area contributed by atoms with Crippen LogP contribution >= 0.6 is 11.3 Å². The summed E-state index contributed by atoms with van der Waals surface area (Å²) in [4.78, 5) is 14.7. The van der Waals surface area contributed by atoms with Crippen LogP contribution in [0.25, 0.3) is 87.7 Å². The Bertz CT molecular complexity index is 2740. The van der Waals surface area contributed by atoms with Crippen LogP contribution in [0.15, 0.2) is 164 Å². The second-order valence-electron chi connectivity index (χ2n) is 14.0. The fraction of sp³-hybridized carbons (Fsp3) is 0.0625. The second kappa shape index (κ2) is 11.9. The van der Waals surface area contributed by atoms with Crippen LogP contribution in [0.1, 0.15) is 25.0 Å². The molecule has 0 fully saturated rings. The summed E-state index contributed by atoms with van der Waals surface area (Å²) in [6.07, 6.45) is 0. The summed E-state index contributed by atoms with van der Waals surface area (Å²) in [5.41, 5.74) is 13.3. The van der Waals surface area contributed by atoms with Crippen molar-refractivity contribution in [1.29, 1.82) is 0 Å². The molecule has 10 rings (SSSR count). The van der Waals surface area contributed by atoms with E-state index in [1.807, 2.05) is 72.0 Å². The number of rotatable bonds is 5. The van der Waals surface area contributed by atoms with Gasteiger partial charge in [0.1, 0.15) is 0 Å². The average Bonchev–Trinajstić information content (AvgIpc) is 3.70. The lowest BCUT2D eigenvalue weighted by molar-refractivity contribution is 0.660. The summed E-state index contributed by atoms with van der Waals surface area (Å²) >= 11 is 1.89. The molecule has 0 bridgehead atoms. The van der Waals surface area contributed by atoms with Gasteiger partial charge < -0.3 is 0 Å². The zero-order valence-electron chi connectivity index (χ0n) is 28.8. The number of hydrogen-bond acceptors (Lipinski definition) is 4. The third-order valence-electron chi connectivity index (χ3n) is 10.6. The maximum absolute atomic E-state index is 4.94. The quantitative estimate of drug-likeness (QED) is 0.181. The van der Waals surface area contributed by atoms with E-state index >= 15 is 0 Å². The highest BCUT2D eigenvalue weighted by molar-refractivity contribution is 7.26. The molecule has 0 saturated heterocycles. The standard InChI is InChI=1S/C48H33N3S/c1-48(2)41-22-10-9-17-37(41)40-29-34(27-28-42(40)48)36-19-12-21-39-38-20-11-18-35(43(38)52-44(36)39)30-23-25-33(26-24-30)47-50-45(31-13-5-3-6-14-31)49-46(51-47)32-15-7-4-8-16-32/h3-29H,1-2H3. The molecule has 0 saturated carbocycles. The van der Waals surface area contributed by atoms with Crippen LogP contribution in [0, 0.1) is 0 Å². The van der Waals surface area contributed by atoms with Crippen molar-refractivity contribution in [2.24, 2.45) is 0 Å². The Labute approximate surface area is 307 Å². The summed E-state index contributed by atoms with van der Waals surface area (Å²) in [6, 6.07) is 58.3. The first-order valence-electron chi connectivity index (χ1n) is 17.7. The second-order valence-corrected chi connectivity index (χ2v) is 15.0. The van der Waals surface area contributed by atoms with Crippen molar-refractivity contribution in [2.45, 2.75) is 19.3 Å². The van der Waals surface area contributed by atoms with Crippen molar-refractivity contribution < 1.29 is 0 Å². The fourth-order valence-corrected chi connectivity index (χ4v) is 9.27. The maximum Gasteiger partial charge on any atom is 0.164 e. The van der Waals surface area contributed by atoms with Crippen LogP contribution in [-0.4, -0.2) is 15.0 Å². The molecule has 0 spiro atoms. The third kappa shape index (κ3) is 4.90. The lowest BCUT2D eigenvalue weighted by Gasteiger charge is -2.21. The Kier molecular flexibility index (Phi) is 7.02. The summed E-state index contributed by atoms with van der Waals surface area (Å²) in [7, 11) is 0. The van der Waals surface area contributed by atoms with Crippen LogP contribution < -0.4 is 0 Å². The monoisotopic (exact) mass is 683 g/mol. The lowest BCUT2D eigenvalue weighted by atomic mass is 9.82. The smallest absolute Gasteiger partial charge is 0.164 e. The minimum Gasteiger partial charge on any atom is -0.208 e. The van der Waals surface area contributed by atoms with Crippen molar-refractivity contribution in [3.63, 3.8) is 0 Å². The first-order valence-corrected chi connectivity index (χ1v) is 18.5. The Morgan fingerprint density at radius 3 is 1.40 bits per heavy atom. The minimum atomic E-state index is -0.00355. The highest BCUT2D eigenvalue weighted by Gasteiger charge is 2.35. The maximum atomic E-state index is 4.94. The molecular weight excluding hydrogens is 651 g/mol. The molecule has 2 heterocycles. The molecular formula is C48H33N3S. The predicted octanol–water partition coefficient (Wildman–Crippen LogP) is 12.9. The van der Waals surface area contributed by atoms with E-state index < -0.39 is 0 Å². The molecule has 52 heavy (non-hydrogen) atoms. The lowest BCUT2D eigenvalue weighted by Crippen LogP contribution is -2.14. The van der Waals surface area contributed by atoms with Gasteiger partial charge in [-0.15, -0.1) is 11.3 Å². The molecule has 4 heteroatoms. The molecule has 2 aromatic heterocycles. The van der Waals surface area contributed by atoms with Gasteiger partial charge in [0, 0.05) is 42.3 Å². The molecule has 0 amide bonds. The molecule has 1 aliphatic rings. The van der Waals surface area contributed by atoms with E-state index in [1.165, 1.54) is 64.7 Å².